The molecule has 1 fully saturated rings. The van der Waals surface area contributed by atoms with E-state index < -0.39 is 15.9 Å². The van der Waals surface area contributed by atoms with Crippen LogP contribution in [0.2, 0.25) is 0 Å². The van der Waals surface area contributed by atoms with Crippen molar-refractivity contribution >= 4 is 27.6 Å². The Labute approximate surface area is 226 Å². The molecule has 1 amide bonds. The molecule has 1 aromatic carbocycles. The van der Waals surface area contributed by atoms with Gasteiger partial charge >= 0.3 is 0 Å². The molecule has 1 aliphatic rings. The summed E-state index contributed by atoms with van der Waals surface area (Å²) in [6.45, 7) is 11.7. The van der Waals surface area contributed by atoms with E-state index in [1.165, 1.54) is 18.2 Å². The number of benzene rings is 1. The summed E-state index contributed by atoms with van der Waals surface area (Å²) in [4.78, 5) is 24.2. The zero-order valence-corrected chi connectivity index (χ0v) is 23.3. The Morgan fingerprint density at radius 1 is 1.24 bits per heavy atom. The van der Waals surface area contributed by atoms with Crippen molar-refractivity contribution in [3.8, 4) is 16.9 Å². The maximum absolute atomic E-state index is 13.6. The van der Waals surface area contributed by atoms with Crippen LogP contribution in [0.25, 0.3) is 11.1 Å². The van der Waals surface area contributed by atoms with Crippen LogP contribution in [0, 0.1) is 12.8 Å². The lowest BCUT2D eigenvalue weighted by Gasteiger charge is -2.33. The van der Waals surface area contributed by atoms with Crippen LogP contribution < -0.4 is 20.1 Å². The first kappa shape index (κ1) is 27.4. The lowest BCUT2D eigenvalue weighted by molar-refractivity contribution is 0.0981. The van der Waals surface area contributed by atoms with E-state index in [0.29, 0.717) is 30.5 Å². The minimum absolute atomic E-state index is 0. The molecule has 204 valence electrons. The number of nitrogens with one attached hydrogen (secondary N) is 1. The van der Waals surface area contributed by atoms with Crippen molar-refractivity contribution in [3.05, 3.63) is 59.8 Å². The van der Waals surface area contributed by atoms with Gasteiger partial charge in [-0.1, -0.05) is 26.0 Å². The highest BCUT2D eigenvalue weighted by atomic mass is 32.2. The summed E-state index contributed by atoms with van der Waals surface area (Å²) in [5, 5.41) is -0.329. The van der Waals surface area contributed by atoms with Crippen molar-refractivity contribution in [3.63, 3.8) is 0 Å². The topological polar surface area (TPSA) is 128 Å². The second kappa shape index (κ2) is 10.6. The molecule has 3 aromatic rings. The summed E-state index contributed by atoms with van der Waals surface area (Å²) in [7, 11) is -4.26. The highest BCUT2D eigenvalue weighted by Gasteiger charge is 2.39. The van der Waals surface area contributed by atoms with Gasteiger partial charge in [-0.3, -0.25) is 4.79 Å². The lowest BCUT2D eigenvalue weighted by atomic mass is 9.97. The fourth-order valence-electron chi connectivity index (χ4n) is 4.97. The predicted octanol–water partition coefficient (Wildman–Crippen LogP) is 4.81. The zero-order chi connectivity index (χ0) is 27.7. The molecular weight excluding hydrogens is 502 g/mol. The van der Waals surface area contributed by atoms with E-state index in [0.717, 1.165) is 29.7 Å². The quantitative estimate of drug-likeness (QED) is 0.417. The molecule has 0 bridgehead atoms. The largest absolute Gasteiger partial charge is 0.493 e. The first-order valence-electron chi connectivity index (χ1n) is 12.7. The van der Waals surface area contributed by atoms with Gasteiger partial charge in [-0.2, -0.15) is 8.42 Å². The molecule has 38 heavy (non-hydrogen) atoms. The third kappa shape index (κ3) is 5.75. The zero-order valence-electron chi connectivity index (χ0n) is 22.5. The first-order chi connectivity index (χ1) is 17.9. The van der Waals surface area contributed by atoms with Gasteiger partial charge in [0.15, 0.2) is 5.03 Å². The van der Waals surface area contributed by atoms with Gasteiger partial charge in [0.05, 0.1) is 12.2 Å². The minimum Gasteiger partial charge on any atom is -0.493 e. The Kier molecular flexibility index (Phi) is 7.64. The van der Waals surface area contributed by atoms with Gasteiger partial charge in [-0.25, -0.2) is 14.7 Å². The van der Waals surface area contributed by atoms with Gasteiger partial charge in [-0.05, 0) is 81.0 Å². The molecule has 1 aliphatic heterocycles. The van der Waals surface area contributed by atoms with Crippen molar-refractivity contribution in [2.24, 2.45) is 5.92 Å². The Hall–Kier alpha value is -3.66. The smallest absolute Gasteiger partial charge is 0.281 e. The number of anilines is 2. The van der Waals surface area contributed by atoms with Crippen molar-refractivity contribution in [1.29, 1.82) is 0 Å². The number of aromatic nitrogens is 2. The molecule has 0 radical (unpaired) electrons. The molecule has 3 N–H and O–H groups in total. The SMILES string of the molecule is CCCOc1ccc(-c2cnc(N3CC(C)CC3(C)C)c(C(=O)NS(=O)(=O)c3cccc(N)n3)c2)cc1C.[HH]. The molecule has 1 saturated heterocycles. The summed E-state index contributed by atoms with van der Waals surface area (Å²) in [5.74, 6) is 0.885. The molecule has 3 heterocycles. The van der Waals surface area contributed by atoms with Crippen LogP contribution in [0.5, 0.6) is 5.75 Å². The molecule has 0 saturated carbocycles. The van der Waals surface area contributed by atoms with Crippen LogP contribution in [0.4, 0.5) is 11.6 Å². The number of hydrogen-bond donors (Lipinski definition) is 2. The van der Waals surface area contributed by atoms with Crippen LogP contribution >= 0.6 is 0 Å². The van der Waals surface area contributed by atoms with Crippen molar-refractivity contribution in [1.82, 2.24) is 14.7 Å². The number of hydrogen-bond acceptors (Lipinski definition) is 8. The van der Waals surface area contributed by atoms with E-state index in [9.17, 15) is 13.2 Å². The Morgan fingerprint density at radius 3 is 2.63 bits per heavy atom. The van der Waals surface area contributed by atoms with Gasteiger partial charge in [0, 0.05) is 25.3 Å². The number of ether oxygens (including phenoxy) is 1. The number of nitrogens with zero attached hydrogens (tertiary/aromatic N) is 3. The maximum Gasteiger partial charge on any atom is 0.281 e. The first-order valence-corrected chi connectivity index (χ1v) is 14.2. The van der Waals surface area contributed by atoms with E-state index in [2.05, 4.69) is 42.3 Å². The maximum atomic E-state index is 13.6. The van der Waals surface area contributed by atoms with Crippen LogP contribution in [0.15, 0.2) is 53.7 Å². The van der Waals surface area contributed by atoms with Crippen LogP contribution in [-0.4, -0.2) is 43.0 Å². The number of carbonyl (C=O) groups excluding carboxylic acids is 1. The minimum atomic E-state index is -4.26. The predicted molar refractivity (Wildman–Crippen MR) is 151 cm³/mol. The number of amides is 1. The number of aryl methyl sites for hydroxylation is 1. The summed E-state index contributed by atoms with van der Waals surface area (Å²) in [5.41, 5.74) is 8.06. The van der Waals surface area contributed by atoms with E-state index in [1.54, 1.807) is 12.3 Å². The van der Waals surface area contributed by atoms with Gasteiger partial charge in [-0.15, -0.1) is 0 Å². The average molecular weight is 540 g/mol. The third-order valence-corrected chi connectivity index (χ3v) is 7.89. The summed E-state index contributed by atoms with van der Waals surface area (Å²) in [6, 6.07) is 11.7. The molecule has 0 aliphatic carbocycles. The Morgan fingerprint density at radius 2 is 2.00 bits per heavy atom. The molecule has 9 nitrogen and oxygen atoms in total. The molecule has 4 rings (SSSR count). The summed E-state index contributed by atoms with van der Waals surface area (Å²) in [6.07, 6.45) is 3.55. The number of sulfonamides is 1. The molecule has 10 heteroatoms. The van der Waals surface area contributed by atoms with Gasteiger partial charge < -0.3 is 15.4 Å². The van der Waals surface area contributed by atoms with E-state index in [1.807, 2.05) is 25.1 Å². The van der Waals surface area contributed by atoms with Crippen molar-refractivity contribution in [2.45, 2.75) is 58.0 Å². The monoisotopic (exact) mass is 539 g/mol. The molecule has 1 unspecified atom stereocenters. The number of pyridine rings is 2. The number of nitrogens with two attached hydrogens (primary N) is 1. The normalized spacial score (nSPS) is 16.9. The number of carbonyl (C=O) groups is 1. The van der Waals surface area contributed by atoms with Gasteiger partial charge in [0.25, 0.3) is 15.9 Å². The van der Waals surface area contributed by atoms with Crippen molar-refractivity contribution < 1.29 is 19.4 Å². The fourth-order valence-corrected chi connectivity index (χ4v) is 5.91. The van der Waals surface area contributed by atoms with Gasteiger partial charge in [0.2, 0.25) is 0 Å². The van der Waals surface area contributed by atoms with Crippen molar-refractivity contribution in [2.75, 3.05) is 23.8 Å². The average Bonchev–Trinajstić information content (AvgIpc) is 3.14. The lowest BCUT2D eigenvalue weighted by Crippen LogP contribution is -2.41. The highest BCUT2D eigenvalue weighted by Crippen LogP contribution is 2.38. The van der Waals surface area contributed by atoms with E-state index in [-0.39, 0.29) is 23.4 Å². The number of nitrogen functional groups attached to an aromatic ring is 1. The summed E-state index contributed by atoms with van der Waals surface area (Å²) >= 11 is 0. The second-order valence-electron chi connectivity index (χ2n) is 10.5. The second-order valence-corrected chi connectivity index (χ2v) is 12.1. The molecule has 0 spiro atoms. The van der Waals surface area contributed by atoms with E-state index >= 15 is 0 Å². The van der Waals surface area contributed by atoms with Crippen LogP contribution in [-0.2, 0) is 10.0 Å². The van der Waals surface area contributed by atoms with Gasteiger partial charge in [0.1, 0.15) is 17.4 Å². The van der Waals surface area contributed by atoms with E-state index in [4.69, 9.17) is 15.5 Å². The Bertz CT molecular complexity index is 1460. The standard InChI is InChI=1S/C28H35N5O4S.H2/c1-6-12-37-23-11-10-20(13-19(23)3)21-14-22(26(30-16-21)33-17-18(2)15-28(33,4)5)27(34)32-38(35,36)25-9-7-8-24(29)31-25;/h7-11,13-14,16,18H,6,12,15,17H2,1-5H3,(H2,29,31)(H,32,34);1H. The van der Waals surface area contributed by atoms with Crippen LogP contribution in [0.3, 0.4) is 0 Å². The molecular formula is C28H37N5O4S. The highest BCUT2D eigenvalue weighted by molar-refractivity contribution is 7.90. The fraction of sp³-hybridized carbons (Fsp3) is 0.393. The Balaban J connectivity index is 0.00000420. The molecule has 1 atom stereocenters. The molecule has 2 aromatic heterocycles. The summed E-state index contributed by atoms with van der Waals surface area (Å²) < 4.78 is 34.0. The number of rotatable bonds is 8. The van der Waals surface area contributed by atoms with Crippen LogP contribution in [0.1, 0.15) is 57.9 Å². The third-order valence-electron chi connectivity index (χ3n) is 6.66.